The Hall–Kier alpha value is -1.27. The second kappa shape index (κ2) is 17.8. The highest BCUT2D eigenvalue weighted by Crippen LogP contribution is 1.82. The maximum atomic E-state index is 10.2. The molecule has 0 radical (unpaired) electrons. The molecule has 0 fully saturated rings. The number of hydrogen-bond donors (Lipinski definition) is 6. The van der Waals surface area contributed by atoms with Gasteiger partial charge < -0.3 is 10.5 Å². The second-order valence-corrected chi connectivity index (χ2v) is 4.92. The lowest BCUT2D eigenvalue weighted by atomic mass is 10.3. The first-order valence-electron chi connectivity index (χ1n) is 6.73. The van der Waals surface area contributed by atoms with Crippen LogP contribution in [0.15, 0.2) is 5.10 Å². The quantitative estimate of drug-likeness (QED) is 0.120. The Labute approximate surface area is 131 Å². The Balaban J connectivity index is -0.000000277. The number of rotatable bonds is 8. The van der Waals surface area contributed by atoms with Gasteiger partial charge in [-0.2, -0.15) is 13.5 Å². The summed E-state index contributed by atoms with van der Waals surface area (Å²) >= 11 is 0. The molecule has 0 aliphatic heterocycles. The third-order valence-corrected chi connectivity index (χ3v) is 1.87. The van der Waals surface area contributed by atoms with E-state index in [1.165, 1.54) is 19.8 Å². The lowest BCUT2D eigenvalue weighted by molar-refractivity contribution is -0.129. The van der Waals surface area contributed by atoms with Crippen LogP contribution < -0.4 is 16.7 Å². The lowest BCUT2D eigenvalue weighted by Crippen LogP contribution is -2.22. The molecule has 22 heavy (non-hydrogen) atoms. The molecule has 0 aromatic heterocycles. The number of nitrogens with two attached hydrogens (primary N) is 1. The van der Waals surface area contributed by atoms with Crippen molar-refractivity contribution in [1.29, 1.82) is 0 Å². The maximum absolute atomic E-state index is 10.2. The summed E-state index contributed by atoms with van der Waals surface area (Å²) in [6.45, 7) is 7.34. The number of hydrazine groups is 1. The average Bonchev–Trinajstić information content (AvgIpc) is 2.39. The number of carboxylic acid groups (broad SMARTS) is 1. The summed E-state index contributed by atoms with van der Waals surface area (Å²) in [7, 11) is -4.67. The highest BCUT2D eigenvalue weighted by atomic mass is 32.3. The second-order valence-electron chi connectivity index (χ2n) is 4.02. The normalized spacial score (nSPS) is 10.7. The maximum Gasteiger partial charge on any atom is 0.394 e. The standard InChI is InChI=1S/C7H14N2O2.C4H12N2.H2O4S/c1-3-4-5-8-9-6(2)7(10)11;1-2-3-4-6-5;1-5(2,3)4/h8H,3-5H2,1-2H3,(H,10,11);6H,2-5H2,1H3;(H2,1,2,3,4). The van der Waals surface area contributed by atoms with E-state index in [0.29, 0.717) is 0 Å². The van der Waals surface area contributed by atoms with Crippen molar-refractivity contribution in [2.24, 2.45) is 10.9 Å². The predicted molar refractivity (Wildman–Crippen MR) is 84.9 cm³/mol. The summed E-state index contributed by atoms with van der Waals surface area (Å²) in [5, 5.41) is 12.0. The van der Waals surface area contributed by atoms with Crippen molar-refractivity contribution in [3.63, 3.8) is 0 Å². The van der Waals surface area contributed by atoms with Gasteiger partial charge in [-0.05, 0) is 19.8 Å². The van der Waals surface area contributed by atoms with Crippen LogP contribution in [0.3, 0.4) is 0 Å². The van der Waals surface area contributed by atoms with E-state index in [1.807, 2.05) is 0 Å². The molecule has 0 aliphatic carbocycles. The molecule has 11 heteroatoms. The van der Waals surface area contributed by atoms with E-state index in [4.69, 9.17) is 28.5 Å². The van der Waals surface area contributed by atoms with Gasteiger partial charge in [0.15, 0.2) is 0 Å². The van der Waals surface area contributed by atoms with Gasteiger partial charge in [0.1, 0.15) is 5.71 Å². The first kappa shape index (κ1) is 25.7. The molecule has 0 unspecified atom stereocenters. The molecule has 0 rings (SSSR count). The number of hydrogen-bond acceptors (Lipinski definition) is 7. The van der Waals surface area contributed by atoms with E-state index in [9.17, 15) is 4.79 Å². The van der Waals surface area contributed by atoms with Crippen molar-refractivity contribution in [1.82, 2.24) is 10.9 Å². The number of carbonyl (C=O) groups is 1. The van der Waals surface area contributed by atoms with Crippen molar-refractivity contribution in [2.75, 3.05) is 13.1 Å². The highest BCUT2D eigenvalue weighted by molar-refractivity contribution is 7.79. The number of unbranched alkanes of at least 4 members (excludes halogenated alkanes) is 2. The van der Waals surface area contributed by atoms with Gasteiger partial charge in [0, 0.05) is 13.1 Å². The summed E-state index contributed by atoms with van der Waals surface area (Å²) in [4.78, 5) is 10.2. The van der Waals surface area contributed by atoms with Crippen LogP contribution in [0.2, 0.25) is 0 Å². The third-order valence-electron chi connectivity index (χ3n) is 1.87. The average molecular weight is 344 g/mol. The topological polar surface area (TPSA) is 174 Å². The fourth-order valence-corrected chi connectivity index (χ4v) is 0.757. The van der Waals surface area contributed by atoms with Gasteiger partial charge in [-0.15, -0.1) is 0 Å². The minimum atomic E-state index is -4.67. The Morgan fingerprint density at radius 1 is 1.14 bits per heavy atom. The molecule has 0 saturated carbocycles. The van der Waals surface area contributed by atoms with Crippen LogP contribution >= 0.6 is 0 Å². The Morgan fingerprint density at radius 2 is 1.55 bits per heavy atom. The molecule has 0 aromatic rings. The summed E-state index contributed by atoms with van der Waals surface area (Å²) in [5.74, 6) is 3.99. The van der Waals surface area contributed by atoms with Crippen molar-refractivity contribution in [2.45, 2.75) is 46.5 Å². The minimum Gasteiger partial charge on any atom is -0.477 e. The van der Waals surface area contributed by atoms with Gasteiger partial charge in [-0.3, -0.25) is 20.4 Å². The molecule has 0 bridgehead atoms. The third kappa shape index (κ3) is 42.8. The number of nitrogens with zero attached hydrogens (tertiary/aromatic N) is 1. The Bertz CT molecular complexity index is 374. The summed E-state index contributed by atoms with van der Waals surface area (Å²) in [6.07, 6.45) is 4.48. The zero-order chi connectivity index (χ0) is 18.0. The number of hydrazone groups is 1. The van der Waals surface area contributed by atoms with Crippen LogP contribution in [0.5, 0.6) is 0 Å². The van der Waals surface area contributed by atoms with Crippen LogP contribution in [0.1, 0.15) is 46.5 Å². The zero-order valence-electron chi connectivity index (χ0n) is 13.2. The van der Waals surface area contributed by atoms with Crippen molar-refractivity contribution < 1.29 is 27.4 Å². The number of nitrogens with one attached hydrogen (secondary N) is 2. The van der Waals surface area contributed by atoms with Crippen LogP contribution in [0.4, 0.5) is 0 Å². The molecule has 0 aliphatic rings. The fraction of sp³-hybridized carbons (Fsp3) is 0.818. The lowest BCUT2D eigenvalue weighted by Gasteiger charge is -1.97. The monoisotopic (exact) mass is 344 g/mol. The van der Waals surface area contributed by atoms with Crippen LogP contribution in [-0.2, 0) is 15.2 Å². The molecular weight excluding hydrogens is 316 g/mol. The molecule has 0 heterocycles. The van der Waals surface area contributed by atoms with E-state index >= 15 is 0 Å². The van der Waals surface area contributed by atoms with Gasteiger partial charge in [0.2, 0.25) is 0 Å². The molecule has 10 nitrogen and oxygen atoms in total. The first-order valence-corrected chi connectivity index (χ1v) is 8.13. The van der Waals surface area contributed by atoms with E-state index in [0.717, 1.165) is 25.9 Å². The first-order chi connectivity index (χ1) is 10.1. The van der Waals surface area contributed by atoms with Crippen LogP contribution in [0, 0.1) is 0 Å². The van der Waals surface area contributed by atoms with Crippen LogP contribution in [0.25, 0.3) is 0 Å². The van der Waals surface area contributed by atoms with E-state index < -0.39 is 16.4 Å². The fourth-order valence-electron chi connectivity index (χ4n) is 0.757. The van der Waals surface area contributed by atoms with Gasteiger partial charge in [-0.1, -0.05) is 26.7 Å². The van der Waals surface area contributed by atoms with Gasteiger partial charge in [0.25, 0.3) is 0 Å². The van der Waals surface area contributed by atoms with Gasteiger partial charge in [0.05, 0.1) is 0 Å². The SMILES string of the molecule is CCCCNN.CCCCNN=C(C)C(=O)O.O=S(=O)(O)O. The molecule has 0 saturated heterocycles. The van der Waals surface area contributed by atoms with Crippen LogP contribution in [-0.4, -0.2) is 47.4 Å². The molecule has 7 N–H and O–H groups in total. The zero-order valence-corrected chi connectivity index (χ0v) is 14.1. The highest BCUT2D eigenvalue weighted by Gasteiger charge is 1.99. The summed E-state index contributed by atoms with van der Waals surface area (Å²) in [5.41, 5.74) is 5.34. The van der Waals surface area contributed by atoms with Crippen molar-refractivity contribution in [3.05, 3.63) is 0 Å². The summed E-state index contributed by atoms with van der Waals surface area (Å²) in [6, 6.07) is 0. The van der Waals surface area contributed by atoms with E-state index in [1.54, 1.807) is 0 Å². The molecule has 0 aromatic carbocycles. The van der Waals surface area contributed by atoms with E-state index in [2.05, 4.69) is 29.8 Å². The van der Waals surface area contributed by atoms with Crippen molar-refractivity contribution in [3.8, 4) is 0 Å². The number of aliphatic carboxylic acids is 1. The Morgan fingerprint density at radius 3 is 1.82 bits per heavy atom. The number of carboxylic acids is 1. The minimum absolute atomic E-state index is 0.0982. The smallest absolute Gasteiger partial charge is 0.394 e. The largest absolute Gasteiger partial charge is 0.477 e. The predicted octanol–water partition coefficient (Wildman–Crippen LogP) is 0.434. The molecule has 0 atom stereocenters. The van der Waals surface area contributed by atoms with E-state index in [-0.39, 0.29) is 5.71 Å². The van der Waals surface area contributed by atoms with Gasteiger partial charge in [-0.25, -0.2) is 4.79 Å². The molecule has 134 valence electrons. The van der Waals surface area contributed by atoms with Crippen molar-refractivity contribution >= 4 is 22.1 Å². The molecule has 0 amide bonds. The van der Waals surface area contributed by atoms with Gasteiger partial charge >= 0.3 is 16.4 Å². The summed E-state index contributed by atoms with van der Waals surface area (Å²) < 4.78 is 31.6. The molecular formula is C11H28N4O6S. The Kier molecular flexibility index (Phi) is 20.7. The molecule has 0 spiro atoms.